The van der Waals surface area contributed by atoms with Crippen LogP contribution in [0, 0.1) is 0 Å². The molecule has 1 aromatic rings. The van der Waals surface area contributed by atoms with Gasteiger partial charge in [-0.1, -0.05) is 0 Å². The number of amides is 1. The van der Waals surface area contributed by atoms with Crippen LogP contribution in [0.2, 0.25) is 0 Å². The molecule has 7 heteroatoms. The summed E-state index contributed by atoms with van der Waals surface area (Å²) in [5.74, 6) is -0.0466. The Morgan fingerprint density at radius 2 is 1.62 bits per heavy atom. The van der Waals surface area contributed by atoms with Gasteiger partial charge < -0.3 is 9.64 Å². The molecule has 3 rings (SSSR count). The van der Waals surface area contributed by atoms with Gasteiger partial charge in [0.2, 0.25) is 10.0 Å². The van der Waals surface area contributed by atoms with Crippen molar-refractivity contribution in [2.75, 3.05) is 33.3 Å². The van der Waals surface area contributed by atoms with Gasteiger partial charge in [-0.15, -0.1) is 0 Å². The van der Waals surface area contributed by atoms with Crippen molar-refractivity contribution in [2.45, 2.75) is 36.7 Å². The van der Waals surface area contributed by atoms with Crippen molar-refractivity contribution in [2.24, 2.45) is 0 Å². The van der Waals surface area contributed by atoms with E-state index in [9.17, 15) is 13.2 Å². The highest BCUT2D eigenvalue weighted by Gasteiger charge is 2.28. The first-order valence-corrected chi connectivity index (χ1v) is 9.88. The predicted molar refractivity (Wildman–Crippen MR) is 90.4 cm³/mol. The van der Waals surface area contributed by atoms with E-state index in [4.69, 9.17) is 4.74 Å². The Hall–Kier alpha value is -1.44. The zero-order valence-corrected chi connectivity index (χ0v) is 14.8. The fourth-order valence-corrected chi connectivity index (χ4v) is 4.84. The Morgan fingerprint density at radius 1 is 1.04 bits per heavy atom. The maximum Gasteiger partial charge on any atom is 0.253 e. The lowest BCUT2D eigenvalue weighted by Crippen LogP contribution is -2.40. The van der Waals surface area contributed by atoms with Crippen molar-refractivity contribution in [3.8, 4) is 0 Å². The second-order valence-electron chi connectivity index (χ2n) is 6.36. The van der Waals surface area contributed by atoms with Gasteiger partial charge in [0.1, 0.15) is 0 Å². The zero-order chi connectivity index (χ0) is 17.2. The first kappa shape index (κ1) is 17.4. The lowest BCUT2D eigenvalue weighted by molar-refractivity contribution is 0.0350. The van der Waals surface area contributed by atoms with Crippen LogP contribution in [0.3, 0.4) is 0 Å². The third-order valence-electron chi connectivity index (χ3n) is 4.87. The normalized spacial score (nSPS) is 20.5. The van der Waals surface area contributed by atoms with Crippen LogP contribution in [0.15, 0.2) is 29.2 Å². The molecule has 2 aliphatic rings. The molecular weight excluding hydrogens is 328 g/mol. The Labute approximate surface area is 143 Å². The number of methoxy groups -OCH3 is 1. The topological polar surface area (TPSA) is 66.9 Å². The Balaban J connectivity index is 1.69. The molecule has 2 aliphatic heterocycles. The van der Waals surface area contributed by atoms with Gasteiger partial charge in [0.15, 0.2) is 0 Å². The zero-order valence-electron chi connectivity index (χ0n) is 14.0. The number of rotatable bonds is 4. The maximum absolute atomic E-state index is 12.5. The van der Waals surface area contributed by atoms with Crippen molar-refractivity contribution < 1.29 is 17.9 Å². The van der Waals surface area contributed by atoms with E-state index in [-0.39, 0.29) is 16.9 Å². The van der Waals surface area contributed by atoms with Crippen LogP contribution in [0.1, 0.15) is 36.0 Å². The molecule has 0 spiro atoms. The molecule has 2 saturated heterocycles. The molecule has 2 heterocycles. The number of carbonyl (C=O) groups is 1. The number of hydrogen-bond donors (Lipinski definition) is 0. The summed E-state index contributed by atoms with van der Waals surface area (Å²) in [6.07, 6.45) is 3.72. The van der Waals surface area contributed by atoms with Gasteiger partial charge in [-0.2, -0.15) is 4.31 Å². The summed E-state index contributed by atoms with van der Waals surface area (Å²) in [7, 11) is -1.73. The highest BCUT2D eigenvalue weighted by molar-refractivity contribution is 7.89. The van der Waals surface area contributed by atoms with E-state index in [1.54, 1.807) is 36.3 Å². The average Bonchev–Trinajstić information content (AvgIpc) is 3.17. The molecule has 0 bridgehead atoms. The highest BCUT2D eigenvalue weighted by Crippen LogP contribution is 2.22. The molecule has 0 saturated carbocycles. The van der Waals surface area contributed by atoms with E-state index in [0.29, 0.717) is 31.7 Å². The van der Waals surface area contributed by atoms with Gasteiger partial charge in [-0.3, -0.25) is 4.79 Å². The van der Waals surface area contributed by atoms with Gasteiger partial charge in [-0.05, 0) is 49.9 Å². The molecular formula is C17H24N2O4S. The smallest absolute Gasteiger partial charge is 0.253 e. The monoisotopic (exact) mass is 352 g/mol. The molecule has 0 aliphatic carbocycles. The lowest BCUT2D eigenvalue weighted by atomic mass is 10.1. The van der Waals surface area contributed by atoms with Crippen molar-refractivity contribution in [3.63, 3.8) is 0 Å². The summed E-state index contributed by atoms with van der Waals surface area (Å²) in [6, 6.07) is 6.33. The third-order valence-corrected chi connectivity index (χ3v) is 6.78. The number of hydrogen-bond acceptors (Lipinski definition) is 4. The standard InChI is InChI=1S/C17H24N2O4S/c1-23-15-8-12-18(13-9-15)17(20)14-4-6-16(7-5-14)24(21,22)19-10-2-3-11-19/h4-7,15H,2-3,8-13H2,1H3. The van der Waals surface area contributed by atoms with Crippen LogP contribution < -0.4 is 0 Å². The molecule has 24 heavy (non-hydrogen) atoms. The molecule has 6 nitrogen and oxygen atoms in total. The third kappa shape index (κ3) is 3.48. The minimum Gasteiger partial charge on any atom is -0.381 e. The predicted octanol–water partition coefficient (Wildman–Crippen LogP) is 1.72. The first-order chi connectivity index (χ1) is 11.5. The first-order valence-electron chi connectivity index (χ1n) is 8.44. The number of ether oxygens (including phenoxy) is 1. The largest absolute Gasteiger partial charge is 0.381 e. The van der Waals surface area contributed by atoms with Crippen molar-refractivity contribution >= 4 is 15.9 Å². The van der Waals surface area contributed by atoms with Crippen LogP contribution in [0.25, 0.3) is 0 Å². The fraction of sp³-hybridized carbons (Fsp3) is 0.588. The van der Waals surface area contributed by atoms with Crippen LogP contribution >= 0.6 is 0 Å². The fourth-order valence-electron chi connectivity index (χ4n) is 3.32. The molecule has 1 amide bonds. The van der Waals surface area contributed by atoms with E-state index < -0.39 is 10.0 Å². The molecule has 0 radical (unpaired) electrons. The summed E-state index contributed by atoms with van der Waals surface area (Å²) in [4.78, 5) is 14.6. The summed E-state index contributed by atoms with van der Waals surface area (Å²) in [6.45, 7) is 2.51. The molecule has 132 valence electrons. The number of benzene rings is 1. The quantitative estimate of drug-likeness (QED) is 0.828. The molecule has 0 N–H and O–H groups in total. The van der Waals surface area contributed by atoms with Crippen molar-refractivity contribution in [3.05, 3.63) is 29.8 Å². The second-order valence-corrected chi connectivity index (χ2v) is 8.30. The van der Waals surface area contributed by atoms with E-state index in [2.05, 4.69) is 0 Å². The second kappa shape index (κ2) is 7.21. The Bertz CT molecular complexity index is 673. The molecule has 2 fully saturated rings. The number of likely N-dealkylation sites (tertiary alicyclic amines) is 1. The van der Waals surface area contributed by atoms with Gasteiger partial charge in [0.05, 0.1) is 11.0 Å². The van der Waals surface area contributed by atoms with Crippen LogP contribution in [-0.4, -0.2) is 62.9 Å². The minimum atomic E-state index is -3.42. The van der Waals surface area contributed by atoms with Crippen LogP contribution in [0.5, 0.6) is 0 Å². The Morgan fingerprint density at radius 3 is 2.17 bits per heavy atom. The van der Waals surface area contributed by atoms with E-state index in [0.717, 1.165) is 25.7 Å². The summed E-state index contributed by atoms with van der Waals surface area (Å²) < 4.78 is 31.8. The SMILES string of the molecule is COC1CCN(C(=O)c2ccc(S(=O)(=O)N3CCCC3)cc2)CC1. The molecule has 1 aromatic carbocycles. The molecule has 0 atom stereocenters. The Kier molecular flexibility index (Phi) is 5.22. The van der Waals surface area contributed by atoms with Crippen molar-refractivity contribution in [1.29, 1.82) is 0 Å². The highest BCUT2D eigenvalue weighted by atomic mass is 32.2. The minimum absolute atomic E-state index is 0.0466. The van der Waals surface area contributed by atoms with Crippen LogP contribution in [-0.2, 0) is 14.8 Å². The van der Waals surface area contributed by atoms with E-state index in [1.165, 1.54) is 4.31 Å². The molecule has 0 aromatic heterocycles. The number of nitrogens with zero attached hydrogens (tertiary/aromatic N) is 2. The number of piperidine rings is 1. The van der Waals surface area contributed by atoms with Gasteiger partial charge in [0.25, 0.3) is 5.91 Å². The molecule has 0 unspecified atom stereocenters. The average molecular weight is 352 g/mol. The summed E-state index contributed by atoms with van der Waals surface area (Å²) >= 11 is 0. The summed E-state index contributed by atoms with van der Waals surface area (Å²) in [5.41, 5.74) is 0.534. The summed E-state index contributed by atoms with van der Waals surface area (Å²) in [5, 5.41) is 0. The van der Waals surface area contributed by atoms with Gasteiger partial charge >= 0.3 is 0 Å². The number of sulfonamides is 1. The van der Waals surface area contributed by atoms with Crippen molar-refractivity contribution in [1.82, 2.24) is 9.21 Å². The van der Waals surface area contributed by atoms with E-state index >= 15 is 0 Å². The van der Waals surface area contributed by atoms with Gasteiger partial charge in [0, 0.05) is 38.9 Å². The lowest BCUT2D eigenvalue weighted by Gasteiger charge is -2.31. The number of carbonyl (C=O) groups excluding carboxylic acids is 1. The van der Waals surface area contributed by atoms with Crippen LogP contribution in [0.4, 0.5) is 0 Å². The van der Waals surface area contributed by atoms with E-state index in [1.807, 2.05) is 0 Å². The maximum atomic E-state index is 12.5. The van der Waals surface area contributed by atoms with Gasteiger partial charge in [-0.25, -0.2) is 8.42 Å².